The summed E-state index contributed by atoms with van der Waals surface area (Å²) in [6.45, 7) is 1.02. The molecule has 1 amide bonds. The molecule has 3 N–H and O–H groups in total. The fourth-order valence-electron chi connectivity index (χ4n) is 1.79. The molecule has 1 aromatic heterocycles. The van der Waals surface area contributed by atoms with Crippen molar-refractivity contribution in [3.8, 4) is 0 Å². The first-order chi connectivity index (χ1) is 7.22. The number of hydrogen-bond donors (Lipinski definition) is 2. The summed E-state index contributed by atoms with van der Waals surface area (Å²) >= 11 is 1.40. The molecule has 0 radical (unpaired) electrons. The highest BCUT2D eigenvalue weighted by Crippen LogP contribution is 2.28. The molecule has 1 aromatic rings. The maximum atomic E-state index is 10.9. The van der Waals surface area contributed by atoms with Gasteiger partial charge in [-0.1, -0.05) is 0 Å². The van der Waals surface area contributed by atoms with Gasteiger partial charge in [-0.05, 0) is 12.8 Å². The molecule has 0 saturated carbocycles. The molecule has 1 aliphatic heterocycles. The van der Waals surface area contributed by atoms with Gasteiger partial charge in [-0.3, -0.25) is 4.79 Å². The van der Waals surface area contributed by atoms with E-state index in [1.165, 1.54) is 11.3 Å². The first kappa shape index (κ1) is 10.4. The van der Waals surface area contributed by atoms with Gasteiger partial charge in [0.05, 0.1) is 12.6 Å². The quantitative estimate of drug-likeness (QED) is 0.773. The Bertz CT molecular complexity index is 366. The summed E-state index contributed by atoms with van der Waals surface area (Å²) in [5.74, 6) is -0.503. The number of aromatic nitrogens is 1. The highest BCUT2D eigenvalue weighted by Gasteiger charge is 2.26. The average Bonchev–Trinajstić information content (AvgIpc) is 2.85. The zero-order chi connectivity index (χ0) is 10.8. The predicted molar refractivity (Wildman–Crippen MR) is 58.1 cm³/mol. The van der Waals surface area contributed by atoms with Gasteiger partial charge in [0.15, 0.2) is 5.13 Å². The van der Waals surface area contributed by atoms with Gasteiger partial charge in [0, 0.05) is 11.9 Å². The van der Waals surface area contributed by atoms with Crippen molar-refractivity contribution >= 4 is 22.4 Å². The van der Waals surface area contributed by atoms with Crippen LogP contribution in [-0.2, 0) is 0 Å². The topological polar surface area (TPSA) is 79.5 Å². The molecular weight excluding hydrogens is 214 g/mol. The van der Waals surface area contributed by atoms with E-state index in [9.17, 15) is 4.79 Å². The number of aliphatic hydroxyl groups is 1. The summed E-state index contributed by atoms with van der Waals surface area (Å²) < 4.78 is 0. The van der Waals surface area contributed by atoms with E-state index in [1.54, 1.807) is 5.38 Å². The molecule has 6 heteroatoms. The molecule has 0 aliphatic carbocycles. The van der Waals surface area contributed by atoms with E-state index < -0.39 is 5.91 Å². The molecule has 1 aliphatic rings. The molecule has 0 aromatic carbocycles. The van der Waals surface area contributed by atoms with Crippen molar-refractivity contribution in [1.82, 2.24) is 4.98 Å². The highest BCUT2D eigenvalue weighted by molar-refractivity contribution is 7.13. The fraction of sp³-hybridized carbons (Fsp3) is 0.556. The standard InChI is InChI=1S/C9H13N3O2S/c10-8(14)7-5-15-9(11-7)12-3-1-2-6(12)4-13/h5-6,13H,1-4H2,(H2,10,14). The van der Waals surface area contributed by atoms with Crippen molar-refractivity contribution in [2.45, 2.75) is 18.9 Å². The van der Waals surface area contributed by atoms with E-state index in [1.807, 2.05) is 4.90 Å². The predicted octanol–water partition coefficient (Wildman–Crippen LogP) is 0.203. The Morgan fingerprint density at radius 1 is 1.80 bits per heavy atom. The zero-order valence-electron chi connectivity index (χ0n) is 8.22. The average molecular weight is 227 g/mol. The van der Waals surface area contributed by atoms with Crippen LogP contribution in [0.3, 0.4) is 0 Å². The lowest BCUT2D eigenvalue weighted by Crippen LogP contribution is -2.32. The van der Waals surface area contributed by atoms with Gasteiger partial charge < -0.3 is 15.7 Å². The summed E-state index contributed by atoms with van der Waals surface area (Å²) in [6, 6.07) is 0.136. The van der Waals surface area contributed by atoms with Crippen LogP contribution in [-0.4, -0.2) is 35.2 Å². The molecule has 15 heavy (non-hydrogen) atoms. The largest absolute Gasteiger partial charge is 0.394 e. The molecule has 1 unspecified atom stereocenters. The second-order valence-electron chi connectivity index (χ2n) is 3.55. The molecule has 1 fully saturated rings. The summed E-state index contributed by atoms with van der Waals surface area (Å²) in [6.07, 6.45) is 2.03. The third-order valence-electron chi connectivity index (χ3n) is 2.58. The van der Waals surface area contributed by atoms with Crippen LogP contribution in [0.2, 0.25) is 0 Å². The Morgan fingerprint density at radius 3 is 3.20 bits per heavy atom. The van der Waals surface area contributed by atoms with Crippen LogP contribution in [0.25, 0.3) is 0 Å². The third kappa shape index (κ3) is 1.95. The number of thiazole rings is 1. The number of carbonyl (C=O) groups is 1. The van der Waals surface area contributed by atoms with Gasteiger partial charge in [-0.2, -0.15) is 0 Å². The van der Waals surface area contributed by atoms with Crippen molar-refractivity contribution in [2.75, 3.05) is 18.1 Å². The number of anilines is 1. The van der Waals surface area contributed by atoms with Crippen LogP contribution in [0.5, 0.6) is 0 Å². The second-order valence-corrected chi connectivity index (χ2v) is 4.39. The van der Waals surface area contributed by atoms with Crippen molar-refractivity contribution in [3.63, 3.8) is 0 Å². The number of aliphatic hydroxyl groups excluding tert-OH is 1. The monoisotopic (exact) mass is 227 g/mol. The summed E-state index contributed by atoms with van der Waals surface area (Å²) in [5, 5.41) is 11.6. The minimum absolute atomic E-state index is 0.130. The SMILES string of the molecule is NC(=O)c1csc(N2CCCC2CO)n1. The molecule has 2 heterocycles. The van der Waals surface area contributed by atoms with Crippen LogP contribution < -0.4 is 10.6 Å². The number of hydrogen-bond acceptors (Lipinski definition) is 5. The number of rotatable bonds is 3. The second kappa shape index (κ2) is 4.16. The van der Waals surface area contributed by atoms with Crippen molar-refractivity contribution < 1.29 is 9.90 Å². The molecule has 1 saturated heterocycles. The van der Waals surface area contributed by atoms with E-state index >= 15 is 0 Å². The third-order valence-corrected chi connectivity index (χ3v) is 3.46. The van der Waals surface area contributed by atoms with Crippen LogP contribution >= 0.6 is 11.3 Å². The van der Waals surface area contributed by atoms with Gasteiger partial charge in [-0.15, -0.1) is 11.3 Å². The fourth-order valence-corrected chi connectivity index (χ4v) is 2.70. The molecule has 2 rings (SSSR count). The minimum atomic E-state index is -0.503. The summed E-state index contributed by atoms with van der Waals surface area (Å²) in [4.78, 5) is 17.1. The minimum Gasteiger partial charge on any atom is -0.394 e. The zero-order valence-corrected chi connectivity index (χ0v) is 9.04. The lowest BCUT2D eigenvalue weighted by molar-refractivity contribution is 0.0996. The Kier molecular flexibility index (Phi) is 2.88. The van der Waals surface area contributed by atoms with E-state index in [0.717, 1.165) is 24.5 Å². The Morgan fingerprint density at radius 2 is 2.60 bits per heavy atom. The molecule has 1 atom stereocenters. The van der Waals surface area contributed by atoms with Crippen LogP contribution in [0.4, 0.5) is 5.13 Å². The Hall–Kier alpha value is -1.14. The summed E-state index contributed by atoms with van der Waals surface area (Å²) in [7, 11) is 0. The lowest BCUT2D eigenvalue weighted by Gasteiger charge is -2.21. The normalized spacial score (nSPS) is 20.9. The lowest BCUT2D eigenvalue weighted by atomic mass is 10.2. The van der Waals surface area contributed by atoms with Gasteiger partial charge >= 0.3 is 0 Å². The number of carbonyl (C=O) groups excluding carboxylic acids is 1. The van der Waals surface area contributed by atoms with Crippen molar-refractivity contribution in [1.29, 1.82) is 0 Å². The van der Waals surface area contributed by atoms with E-state index in [4.69, 9.17) is 10.8 Å². The number of amides is 1. The molecule has 5 nitrogen and oxygen atoms in total. The Balaban J connectivity index is 2.18. The van der Waals surface area contributed by atoms with Crippen LogP contribution in [0, 0.1) is 0 Å². The van der Waals surface area contributed by atoms with Crippen molar-refractivity contribution in [2.24, 2.45) is 5.73 Å². The van der Waals surface area contributed by atoms with Gasteiger partial charge in [0.25, 0.3) is 5.91 Å². The number of primary amides is 1. The van der Waals surface area contributed by atoms with Crippen LogP contribution in [0.15, 0.2) is 5.38 Å². The number of nitrogens with two attached hydrogens (primary N) is 1. The highest BCUT2D eigenvalue weighted by atomic mass is 32.1. The molecule has 0 spiro atoms. The first-order valence-corrected chi connectivity index (χ1v) is 5.73. The maximum Gasteiger partial charge on any atom is 0.268 e. The number of nitrogens with zero attached hydrogens (tertiary/aromatic N) is 2. The van der Waals surface area contributed by atoms with E-state index in [2.05, 4.69) is 4.98 Å². The summed E-state index contributed by atoms with van der Waals surface area (Å²) in [5.41, 5.74) is 5.43. The van der Waals surface area contributed by atoms with E-state index in [-0.39, 0.29) is 12.6 Å². The molecule has 82 valence electrons. The molecular formula is C9H13N3O2S. The van der Waals surface area contributed by atoms with E-state index in [0.29, 0.717) is 5.69 Å². The maximum absolute atomic E-state index is 10.9. The van der Waals surface area contributed by atoms with Gasteiger partial charge in [0.1, 0.15) is 5.69 Å². The first-order valence-electron chi connectivity index (χ1n) is 4.85. The van der Waals surface area contributed by atoms with Gasteiger partial charge in [0.2, 0.25) is 0 Å². The van der Waals surface area contributed by atoms with Crippen LogP contribution in [0.1, 0.15) is 23.3 Å². The smallest absolute Gasteiger partial charge is 0.268 e. The van der Waals surface area contributed by atoms with Gasteiger partial charge in [-0.25, -0.2) is 4.98 Å². The molecule has 0 bridgehead atoms. The van der Waals surface area contributed by atoms with Crippen molar-refractivity contribution in [3.05, 3.63) is 11.1 Å². The Labute approximate surface area is 91.5 Å².